The zero-order chi connectivity index (χ0) is 28.0. The fourth-order valence-electron chi connectivity index (χ4n) is 5.31. The largest absolute Gasteiger partial charge is 0.455 e. The van der Waals surface area contributed by atoms with E-state index in [9.17, 15) is 18.0 Å². The van der Waals surface area contributed by atoms with Crippen LogP contribution in [-0.4, -0.2) is 28.8 Å². The van der Waals surface area contributed by atoms with Crippen molar-refractivity contribution >= 4 is 5.91 Å². The standard InChI is InChI=1S/C33H33F3N2O2/c34-33(35,36)29-13-11-28(12-14-29)23-37(22-27-9-5-2-6-10-27)24-30-15-16-31(40-30)32(39)38-19-17-26(18-20-38)21-25-7-3-1-4-8-25/h1-16,26H,17-24H2. The van der Waals surface area contributed by atoms with Gasteiger partial charge < -0.3 is 9.32 Å². The van der Waals surface area contributed by atoms with E-state index in [4.69, 9.17) is 4.42 Å². The van der Waals surface area contributed by atoms with E-state index >= 15 is 0 Å². The summed E-state index contributed by atoms with van der Waals surface area (Å²) >= 11 is 0. The molecule has 0 N–H and O–H groups in total. The van der Waals surface area contributed by atoms with E-state index in [1.807, 2.05) is 47.4 Å². The molecule has 4 nitrogen and oxygen atoms in total. The van der Waals surface area contributed by atoms with Gasteiger partial charge in [-0.3, -0.25) is 9.69 Å². The first-order chi connectivity index (χ1) is 19.3. The van der Waals surface area contributed by atoms with Gasteiger partial charge in [-0.15, -0.1) is 0 Å². The molecule has 1 saturated heterocycles. The molecule has 1 fully saturated rings. The molecule has 1 aliphatic heterocycles. The van der Waals surface area contributed by atoms with Crippen LogP contribution >= 0.6 is 0 Å². The smallest absolute Gasteiger partial charge is 0.416 e. The van der Waals surface area contributed by atoms with Crippen molar-refractivity contribution in [3.63, 3.8) is 0 Å². The molecule has 40 heavy (non-hydrogen) atoms. The van der Waals surface area contributed by atoms with Crippen molar-refractivity contribution < 1.29 is 22.4 Å². The molecule has 0 aliphatic carbocycles. The van der Waals surface area contributed by atoms with Gasteiger partial charge >= 0.3 is 6.18 Å². The van der Waals surface area contributed by atoms with Crippen molar-refractivity contribution in [2.45, 2.75) is 45.1 Å². The second-order valence-electron chi connectivity index (χ2n) is 10.5. The number of hydrogen-bond acceptors (Lipinski definition) is 3. The molecule has 1 aromatic heterocycles. The summed E-state index contributed by atoms with van der Waals surface area (Å²) in [7, 11) is 0. The Kier molecular flexibility index (Phi) is 8.70. The molecule has 0 radical (unpaired) electrons. The van der Waals surface area contributed by atoms with Gasteiger partial charge in [0.05, 0.1) is 12.1 Å². The van der Waals surface area contributed by atoms with E-state index in [1.165, 1.54) is 17.7 Å². The fraction of sp³-hybridized carbons (Fsp3) is 0.303. The maximum Gasteiger partial charge on any atom is 0.416 e. The number of halogens is 3. The van der Waals surface area contributed by atoms with Crippen molar-refractivity contribution in [3.8, 4) is 0 Å². The maximum atomic E-state index is 13.2. The third-order valence-electron chi connectivity index (χ3n) is 7.46. The number of hydrogen-bond donors (Lipinski definition) is 0. The minimum atomic E-state index is -4.36. The monoisotopic (exact) mass is 546 g/mol. The van der Waals surface area contributed by atoms with Gasteiger partial charge in [-0.2, -0.15) is 13.2 Å². The first kappa shape index (κ1) is 27.7. The second-order valence-corrected chi connectivity index (χ2v) is 10.5. The summed E-state index contributed by atoms with van der Waals surface area (Å²) in [6.07, 6.45) is -1.40. The third-order valence-corrected chi connectivity index (χ3v) is 7.46. The van der Waals surface area contributed by atoms with Gasteiger partial charge in [0.2, 0.25) is 0 Å². The van der Waals surface area contributed by atoms with E-state index < -0.39 is 11.7 Å². The molecule has 0 atom stereocenters. The van der Waals surface area contributed by atoms with Crippen LogP contribution in [0.3, 0.4) is 0 Å². The number of carbonyl (C=O) groups excluding carboxylic acids is 1. The molecule has 0 saturated carbocycles. The van der Waals surface area contributed by atoms with Crippen LogP contribution in [0.4, 0.5) is 13.2 Å². The Morgan fingerprint density at radius 2 is 1.32 bits per heavy atom. The van der Waals surface area contributed by atoms with Crippen LogP contribution in [0.1, 0.15) is 51.4 Å². The van der Waals surface area contributed by atoms with Gasteiger partial charge in [0.25, 0.3) is 5.91 Å². The highest BCUT2D eigenvalue weighted by Crippen LogP contribution is 2.29. The summed E-state index contributed by atoms with van der Waals surface area (Å²) in [6, 6.07) is 29.1. The zero-order valence-corrected chi connectivity index (χ0v) is 22.3. The van der Waals surface area contributed by atoms with Gasteiger partial charge in [0, 0.05) is 26.2 Å². The van der Waals surface area contributed by atoms with Gasteiger partial charge in [0.15, 0.2) is 5.76 Å². The molecule has 1 amide bonds. The first-order valence-electron chi connectivity index (χ1n) is 13.7. The predicted octanol–water partition coefficient (Wildman–Crippen LogP) is 7.60. The summed E-state index contributed by atoms with van der Waals surface area (Å²) in [4.78, 5) is 17.2. The molecule has 2 heterocycles. The SMILES string of the molecule is O=C(c1ccc(CN(Cc2ccccc2)Cc2ccc(C(F)(F)F)cc2)o1)N1CCC(Cc2ccccc2)CC1. The first-order valence-corrected chi connectivity index (χ1v) is 13.7. The molecule has 208 valence electrons. The summed E-state index contributed by atoms with van der Waals surface area (Å²) in [5.41, 5.74) is 2.52. The van der Waals surface area contributed by atoms with E-state index in [2.05, 4.69) is 29.2 Å². The predicted molar refractivity (Wildman–Crippen MR) is 148 cm³/mol. The van der Waals surface area contributed by atoms with E-state index in [-0.39, 0.29) is 5.91 Å². The highest BCUT2D eigenvalue weighted by molar-refractivity contribution is 5.91. The average Bonchev–Trinajstić information content (AvgIpc) is 3.42. The molecule has 0 bridgehead atoms. The van der Waals surface area contributed by atoms with Crippen molar-refractivity contribution in [3.05, 3.63) is 131 Å². The lowest BCUT2D eigenvalue weighted by Gasteiger charge is -2.31. The number of alkyl halides is 3. The number of likely N-dealkylation sites (tertiary alicyclic amines) is 1. The number of piperidine rings is 1. The van der Waals surface area contributed by atoms with Crippen molar-refractivity contribution in [1.29, 1.82) is 0 Å². The van der Waals surface area contributed by atoms with Crippen LogP contribution < -0.4 is 0 Å². The van der Waals surface area contributed by atoms with Gasteiger partial charge in [-0.1, -0.05) is 72.8 Å². The summed E-state index contributed by atoms with van der Waals surface area (Å²) in [6.45, 7) is 2.86. The molecule has 1 aliphatic rings. The van der Waals surface area contributed by atoms with E-state index in [0.29, 0.717) is 50.2 Å². The van der Waals surface area contributed by atoms with Crippen LogP contribution in [0.2, 0.25) is 0 Å². The number of benzene rings is 3. The molecule has 7 heteroatoms. The lowest BCUT2D eigenvalue weighted by Crippen LogP contribution is -2.38. The van der Waals surface area contributed by atoms with E-state index in [0.717, 1.165) is 42.5 Å². The Labute approximate surface area is 233 Å². The number of rotatable bonds is 9. The topological polar surface area (TPSA) is 36.7 Å². The van der Waals surface area contributed by atoms with Crippen molar-refractivity contribution in [1.82, 2.24) is 9.80 Å². The Morgan fingerprint density at radius 3 is 1.93 bits per heavy atom. The van der Waals surface area contributed by atoms with Crippen LogP contribution in [-0.2, 0) is 32.2 Å². The van der Waals surface area contributed by atoms with Gasteiger partial charge in [-0.25, -0.2) is 0 Å². The quantitative estimate of drug-likeness (QED) is 0.217. The molecule has 0 spiro atoms. The number of carbonyl (C=O) groups is 1. The summed E-state index contributed by atoms with van der Waals surface area (Å²) < 4.78 is 45.0. The Balaban J connectivity index is 1.21. The fourth-order valence-corrected chi connectivity index (χ4v) is 5.31. The Bertz CT molecular complexity index is 1360. The number of furan rings is 1. The number of amides is 1. The van der Waals surface area contributed by atoms with Crippen molar-refractivity contribution in [2.75, 3.05) is 13.1 Å². The van der Waals surface area contributed by atoms with Crippen LogP contribution in [0.25, 0.3) is 0 Å². The van der Waals surface area contributed by atoms with E-state index in [1.54, 1.807) is 6.07 Å². The lowest BCUT2D eigenvalue weighted by molar-refractivity contribution is -0.137. The maximum absolute atomic E-state index is 13.2. The molecule has 0 unspecified atom stereocenters. The van der Waals surface area contributed by atoms with Crippen LogP contribution in [0.5, 0.6) is 0 Å². The third kappa shape index (κ3) is 7.42. The Hall–Kier alpha value is -3.84. The van der Waals surface area contributed by atoms with Gasteiger partial charge in [-0.05, 0) is 66.1 Å². The zero-order valence-electron chi connectivity index (χ0n) is 22.3. The molecule has 5 rings (SSSR count). The molecule has 3 aromatic carbocycles. The normalized spacial score (nSPS) is 14.6. The highest BCUT2D eigenvalue weighted by Gasteiger charge is 2.30. The van der Waals surface area contributed by atoms with Crippen LogP contribution in [0.15, 0.2) is 101 Å². The number of nitrogens with zero attached hydrogens (tertiary/aromatic N) is 2. The lowest BCUT2D eigenvalue weighted by atomic mass is 9.90. The summed E-state index contributed by atoms with van der Waals surface area (Å²) in [5.74, 6) is 1.44. The van der Waals surface area contributed by atoms with Crippen LogP contribution in [0, 0.1) is 5.92 Å². The Morgan fingerprint density at radius 1 is 0.750 bits per heavy atom. The summed E-state index contributed by atoms with van der Waals surface area (Å²) in [5, 5.41) is 0. The highest BCUT2D eigenvalue weighted by atomic mass is 19.4. The molecular weight excluding hydrogens is 513 g/mol. The second kappa shape index (κ2) is 12.6. The minimum absolute atomic E-state index is 0.0956. The minimum Gasteiger partial charge on any atom is -0.455 e. The molecular formula is C33H33F3N2O2. The van der Waals surface area contributed by atoms with Gasteiger partial charge in [0.1, 0.15) is 5.76 Å². The molecule has 4 aromatic rings. The van der Waals surface area contributed by atoms with Crippen molar-refractivity contribution in [2.24, 2.45) is 5.92 Å². The average molecular weight is 547 g/mol.